The molecule has 0 spiro atoms. The van der Waals surface area contributed by atoms with Crippen molar-refractivity contribution in [2.24, 2.45) is 0 Å². The summed E-state index contributed by atoms with van der Waals surface area (Å²) >= 11 is 0. The lowest BCUT2D eigenvalue weighted by Crippen LogP contribution is -2.18. The predicted octanol–water partition coefficient (Wildman–Crippen LogP) is 1.48. The molecule has 0 aromatic carbocycles. The van der Waals surface area contributed by atoms with Gasteiger partial charge in [-0.2, -0.15) is 0 Å². The second-order valence-electron chi connectivity index (χ2n) is 4.50. The van der Waals surface area contributed by atoms with Crippen molar-refractivity contribution < 1.29 is 4.42 Å². The summed E-state index contributed by atoms with van der Waals surface area (Å²) in [5.74, 6) is 1.27. The lowest BCUT2D eigenvalue weighted by Gasteiger charge is -2.07. The summed E-state index contributed by atoms with van der Waals surface area (Å²) < 4.78 is 7.53. The van der Waals surface area contributed by atoms with E-state index in [-0.39, 0.29) is 0 Å². The average Bonchev–Trinajstić information content (AvgIpc) is 2.90. The van der Waals surface area contributed by atoms with Gasteiger partial charge in [0, 0.05) is 31.4 Å². The van der Waals surface area contributed by atoms with Crippen LogP contribution in [-0.4, -0.2) is 20.8 Å². The van der Waals surface area contributed by atoms with Gasteiger partial charge in [0.2, 0.25) is 11.8 Å². The van der Waals surface area contributed by atoms with E-state index < -0.39 is 0 Å². The van der Waals surface area contributed by atoms with E-state index in [1.165, 1.54) is 18.5 Å². The van der Waals surface area contributed by atoms with E-state index in [0.717, 1.165) is 12.6 Å². The third kappa shape index (κ3) is 2.55. The number of hydrogen-bond acceptors (Lipinski definition) is 4. The molecule has 1 saturated carbocycles. The van der Waals surface area contributed by atoms with Gasteiger partial charge in [-0.1, -0.05) is 0 Å². The average molecular weight is 232 g/mol. The minimum absolute atomic E-state index is 0.616. The van der Waals surface area contributed by atoms with E-state index in [1.807, 2.05) is 19.2 Å². The zero-order chi connectivity index (χ0) is 11.7. The maximum Gasteiger partial charge on any atom is 0.236 e. The van der Waals surface area contributed by atoms with Gasteiger partial charge >= 0.3 is 0 Å². The standard InChI is InChI=1S/C12H16N4O/c1-9-14-15-12(17-9)8-16-6-2-3-11(16)7-13-10-4-5-10/h2-3,6,10,13H,4-5,7-8H2,1H3. The van der Waals surface area contributed by atoms with Crippen LogP contribution in [0.25, 0.3) is 0 Å². The van der Waals surface area contributed by atoms with Gasteiger partial charge in [-0.15, -0.1) is 10.2 Å². The molecule has 90 valence electrons. The third-order valence-corrected chi connectivity index (χ3v) is 2.95. The number of aromatic nitrogens is 3. The van der Waals surface area contributed by atoms with Gasteiger partial charge in [-0.05, 0) is 25.0 Å². The normalized spacial score (nSPS) is 15.4. The number of rotatable bonds is 5. The highest BCUT2D eigenvalue weighted by molar-refractivity contribution is 5.08. The first kappa shape index (κ1) is 10.5. The molecule has 0 radical (unpaired) electrons. The van der Waals surface area contributed by atoms with Crippen LogP contribution in [0.4, 0.5) is 0 Å². The topological polar surface area (TPSA) is 55.9 Å². The molecule has 0 atom stereocenters. The van der Waals surface area contributed by atoms with Crippen molar-refractivity contribution in [3.05, 3.63) is 35.8 Å². The fraction of sp³-hybridized carbons (Fsp3) is 0.500. The molecule has 1 fully saturated rings. The first-order valence-corrected chi connectivity index (χ1v) is 5.97. The van der Waals surface area contributed by atoms with Gasteiger partial charge in [-0.25, -0.2) is 0 Å². The van der Waals surface area contributed by atoms with Gasteiger partial charge < -0.3 is 14.3 Å². The van der Waals surface area contributed by atoms with E-state index in [9.17, 15) is 0 Å². The fourth-order valence-electron chi connectivity index (χ4n) is 1.85. The van der Waals surface area contributed by atoms with Crippen LogP contribution in [-0.2, 0) is 13.1 Å². The Balaban J connectivity index is 1.67. The second kappa shape index (κ2) is 4.33. The summed E-state index contributed by atoms with van der Waals surface area (Å²) in [6.07, 6.45) is 4.66. The Morgan fingerprint density at radius 3 is 3.06 bits per heavy atom. The van der Waals surface area contributed by atoms with Crippen molar-refractivity contribution in [1.82, 2.24) is 20.1 Å². The van der Waals surface area contributed by atoms with Crippen LogP contribution in [0.1, 0.15) is 30.3 Å². The number of aryl methyl sites for hydroxylation is 1. The van der Waals surface area contributed by atoms with Gasteiger partial charge in [-0.3, -0.25) is 0 Å². The van der Waals surface area contributed by atoms with Crippen LogP contribution in [0.2, 0.25) is 0 Å². The molecule has 5 heteroatoms. The SMILES string of the molecule is Cc1nnc(Cn2cccc2CNC2CC2)o1. The van der Waals surface area contributed by atoms with Crippen LogP contribution in [0.3, 0.4) is 0 Å². The first-order valence-electron chi connectivity index (χ1n) is 5.97. The quantitative estimate of drug-likeness (QED) is 0.848. The number of nitrogens with zero attached hydrogens (tertiary/aromatic N) is 3. The van der Waals surface area contributed by atoms with Crippen molar-refractivity contribution in [2.45, 2.75) is 38.9 Å². The largest absolute Gasteiger partial charge is 0.424 e. The van der Waals surface area contributed by atoms with E-state index in [0.29, 0.717) is 18.3 Å². The van der Waals surface area contributed by atoms with Crippen LogP contribution >= 0.6 is 0 Å². The van der Waals surface area contributed by atoms with Gasteiger partial charge in [0.15, 0.2) is 0 Å². The van der Waals surface area contributed by atoms with Crippen molar-refractivity contribution >= 4 is 0 Å². The molecule has 2 heterocycles. The highest BCUT2D eigenvalue weighted by Gasteiger charge is 2.20. The molecule has 0 unspecified atom stereocenters. The minimum atomic E-state index is 0.616. The van der Waals surface area contributed by atoms with E-state index >= 15 is 0 Å². The Hall–Kier alpha value is -1.62. The molecule has 2 aromatic rings. The van der Waals surface area contributed by atoms with Gasteiger partial charge in [0.25, 0.3) is 0 Å². The lowest BCUT2D eigenvalue weighted by atomic mass is 10.4. The van der Waals surface area contributed by atoms with Crippen LogP contribution in [0.15, 0.2) is 22.7 Å². The maximum absolute atomic E-state index is 5.39. The van der Waals surface area contributed by atoms with Crippen molar-refractivity contribution in [1.29, 1.82) is 0 Å². The zero-order valence-corrected chi connectivity index (χ0v) is 9.89. The summed E-state index contributed by atoms with van der Waals surface area (Å²) in [5, 5.41) is 11.3. The van der Waals surface area contributed by atoms with E-state index in [4.69, 9.17) is 4.42 Å². The van der Waals surface area contributed by atoms with E-state index in [2.05, 4.69) is 26.1 Å². The molecule has 1 aliphatic carbocycles. The Kier molecular flexibility index (Phi) is 2.68. The first-order chi connectivity index (χ1) is 8.31. The molecular weight excluding hydrogens is 216 g/mol. The summed E-state index contributed by atoms with van der Waals surface area (Å²) in [7, 11) is 0. The second-order valence-corrected chi connectivity index (χ2v) is 4.50. The Morgan fingerprint density at radius 2 is 2.35 bits per heavy atom. The Morgan fingerprint density at radius 1 is 1.47 bits per heavy atom. The summed E-state index contributed by atoms with van der Waals surface area (Å²) in [4.78, 5) is 0. The smallest absolute Gasteiger partial charge is 0.236 e. The van der Waals surface area contributed by atoms with Crippen LogP contribution in [0.5, 0.6) is 0 Å². The predicted molar refractivity (Wildman–Crippen MR) is 62.4 cm³/mol. The van der Waals surface area contributed by atoms with Crippen molar-refractivity contribution in [3.8, 4) is 0 Å². The van der Waals surface area contributed by atoms with Gasteiger partial charge in [0.05, 0.1) is 0 Å². The molecular formula is C12H16N4O. The zero-order valence-electron chi connectivity index (χ0n) is 9.89. The summed E-state index contributed by atoms with van der Waals surface area (Å²) in [6.45, 7) is 3.36. The van der Waals surface area contributed by atoms with Crippen LogP contribution < -0.4 is 5.32 Å². The fourth-order valence-corrected chi connectivity index (χ4v) is 1.85. The molecule has 5 nitrogen and oxygen atoms in total. The highest BCUT2D eigenvalue weighted by Crippen LogP contribution is 2.19. The Bertz CT molecular complexity index is 498. The minimum Gasteiger partial charge on any atom is -0.424 e. The highest BCUT2D eigenvalue weighted by atomic mass is 16.4. The molecule has 17 heavy (non-hydrogen) atoms. The molecule has 1 N–H and O–H groups in total. The van der Waals surface area contributed by atoms with Crippen LogP contribution in [0, 0.1) is 6.92 Å². The lowest BCUT2D eigenvalue weighted by molar-refractivity contribution is 0.450. The monoisotopic (exact) mass is 232 g/mol. The molecule has 0 aliphatic heterocycles. The molecule has 0 bridgehead atoms. The molecule has 1 aliphatic rings. The number of hydrogen-bond donors (Lipinski definition) is 1. The molecule has 3 rings (SSSR count). The Labute approximate surface area is 99.8 Å². The molecule has 0 amide bonds. The number of nitrogens with one attached hydrogen (secondary N) is 1. The molecule has 0 saturated heterocycles. The molecule has 2 aromatic heterocycles. The maximum atomic E-state index is 5.39. The summed E-state index contributed by atoms with van der Waals surface area (Å²) in [5.41, 5.74) is 1.26. The third-order valence-electron chi connectivity index (χ3n) is 2.95. The van der Waals surface area contributed by atoms with Crippen molar-refractivity contribution in [2.75, 3.05) is 0 Å². The van der Waals surface area contributed by atoms with Gasteiger partial charge in [0.1, 0.15) is 6.54 Å². The van der Waals surface area contributed by atoms with Crippen molar-refractivity contribution in [3.63, 3.8) is 0 Å². The summed E-state index contributed by atoms with van der Waals surface area (Å²) in [6, 6.07) is 4.90. The van der Waals surface area contributed by atoms with E-state index in [1.54, 1.807) is 0 Å².